The second kappa shape index (κ2) is 12.7. The molecule has 7 heteroatoms. The Kier molecular flexibility index (Phi) is 11.0. The zero-order chi connectivity index (χ0) is 18.8. The molecule has 2 rings (SSSR count). The predicted octanol–water partition coefficient (Wildman–Crippen LogP) is 4.25. The van der Waals surface area contributed by atoms with Gasteiger partial charge < -0.3 is 20.5 Å². The number of guanidine groups is 1. The quantitative estimate of drug-likeness (QED) is 0.219. The van der Waals surface area contributed by atoms with E-state index in [1.165, 1.54) is 4.90 Å². The topological polar surface area (TPSA) is 65.9 Å². The first-order chi connectivity index (χ1) is 12.6. The van der Waals surface area contributed by atoms with Crippen molar-refractivity contribution in [2.45, 2.75) is 30.5 Å². The van der Waals surface area contributed by atoms with E-state index >= 15 is 0 Å². The van der Waals surface area contributed by atoms with Crippen LogP contribution in [-0.2, 0) is 6.54 Å². The van der Waals surface area contributed by atoms with E-state index in [2.05, 4.69) is 46.8 Å². The minimum atomic E-state index is 0. The maximum absolute atomic E-state index is 10.2. The molecule has 0 bridgehead atoms. The standard InChI is InChI=1S/C20H27N3O2S.HI/c1-4-21-20(22-13-15(2)26-17-10-6-5-7-11-17)23-14-16-9-8-12-18(25-3)19(16)24;/h5-12,15,24H,4,13-14H2,1-3H3,(H2,21,22,23);1H. The van der Waals surface area contributed by atoms with Crippen molar-refractivity contribution >= 4 is 41.7 Å². The van der Waals surface area contributed by atoms with Crippen molar-refractivity contribution in [1.82, 2.24) is 10.6 Å². The van der Waals surface area contributed by atoms with Crippen molar-refractivity contribution in [2.75, 3.05) is 20.2 Å². The molecular formula is C20H28IN3O2S. The van der Waals surface area contributed by atoms with Crippen LogP contribution in [0.2, 0.25) is 0 Å². The van der Waals surface area contributed by atoms with E-state index in [-0.39, 0.29) is 29.7 Å². The third-order valence-corrected chi connectivity index (χ3v) is 4.81. The number of rotatable bonds is 8. The van der Waals surface area contributed by atoms with Gasteiger partial charge in [0.2, 0.25) is 0 Å². The average molecular weight is 501 g/mol. The summed E-state index contributed by atoms with van der Waals surface area (Å²) in [6, 6.07) is 15.8. The van der Waals surface area contributed by atoms with Crippen molar-refractivity contribution in [1.29, 1.82) is 0 Å². The van der Waals surface area contributed by atoms with Crippen LogP contribution in [0.3, 0.4) is 0 Å². The van der Waals surface area contributed by atoms with Crippen molar-refractivity contribution < 1.29 is 9.84 Å². The number of para-hydroxylation sites is 1. The number of phenols is 1. The molecule has 0 fully saturated rings. The molecule has 2 aromatic rings. The molecule has 27 heavy (non-hydrogen) atoms. The monoisotopic (exact) mass is 501 g/mol. The number of methoxy groups -OCH3 is 1. The van der Waals surface area contributed by atoms with E-state index in [9.17, 15) is 5.11 Å². The van der Waals surface area contributed by atoms with Gasteiger partial charge in [0.25, 0.3) is 0 Å². The number of halogens is 1. The fourth-order valence-corrected chi connectivity index (χ4v) is 3.33. The maximum Gasteiger partial charge on any atom is 0.191 e. The van der Waals surface area contributed by atoms with Crippen LogP contribution in [0.15, 0.2) is 58.4 Å². The highest BCUT2D eigenvalue weighted by atomic mass is 127. The smallest absolute Gasteiger partial charge is 0.191 e. The molecule has 1 unspecified atom stereocenters. The lowest BCUT2D eigenvalue weighted by Crippen LogP contribution is -2.40. The fourth-order valence-electron chi connectivity index (χ4n) is 2.38. The van der Waals surface area contributed by atoms with Crippen molar-refractivity contribution in [3.8, 4) is 11.5 Å². The van der Waals surface area contributed by atoms with Gasteiger partial charge in [0.1, 0.15) is 0 Å². The number of phenolic OH excluding ortho intramolecular Hbond substituents is 1. The maximum atomic E-state index is 10.2. The molecule has 0 amide bonds. The summed E-state index contributed by atoms with van der Waals surface area (Å²) < 4.78 is 5.14. The van der Waals surface area contributed by atoms with Crippen LogP contribution in [0, 0.1) is 0 Å². The first kappa shape index (κ1) is 23.4. The number of nitrogens with one attached hydrogen (secondary N) is 2. The van der Waals surface area contributed by atoms with Gasteiger partial charge in [-0.05, 0) is 25.1 Å². The third kappa shape index (κ3) is 7.88. The summed E-state index contributed by atoms with van der Waals surface area (Å²) >= 11 is 1.82. The van der Waals surface area contributed by atoms with Gasteiger partial charge in [-0.1, -0.05) is 37.3 Å². The highest BCUT2D eigenvalue weighted by molar-refractivity contribution is 14.0. The van der Waals surface area contributed by atoms with Crippen molar-refractivity contribution in [2.24, 2.45) is 4.99 Å². The van der Waals surface area contributed by atoms with Crippen LogP contribution < -0.4 is 15.4 Å². The lowest BCUT2D eigenvalue weighted by Gasteiger charge is -2.16. The van der Waals surface area contributed by atoms with Gasteiger partial charge in [-0.25, -0.2) is 4.99 Å². The summed E-state index contributed by atoms with van der Waals surface area (Å²) in [6.07, 6.45) is 0. The first-order valence-corrected chi connectivity index (χ1v) is 9.60. The van der Waals surface area contributed by atoms with E-state index in [0.717, 1.165) is 24.6 Å². The molecular weight excluding hydrogens is 473 g/mol. The molecule has 0 aliphatic carbocycles. The number of thioether (sulfide) groups is 1. The minimum absolute atomic E-state index is 0. The first-order valence-electron chi connectivity index (χ1n) is 8.72. The lowest BCUT2D eigenvalue weighted by atomic mass is 10.2. The average Bonchev–Trinajstić information content (AvgIpc) is 2.66. The highest BCUT2D eigenvalue weighted by Crippen LogP contribution is 2.29. The Hall–Kier alpha value is -1.61. The van der Waals surface area contributed by atoms with Crippen LogP contribution in [0.4, 0.5) is 0 Å². The Morgan fingerprint density at radius 3 is 2.56 bits per heavy atom. The van der Waals surface area contributed by atoms with Crippen LogP contribution in [0.1, 0.15) is 19.4 Å². The molecule has 2 aromatic carbocycles. The number of benzene rings is 2. The van der Waals surface area contributed by atoms with Crippen LogP contribution >= 0.6 is 35.7 Å². The molecule has 0 aromatic heterocycles. The van der Waals surface area contributed by atoms with Crippen LogP contribution in [-0.4, -0.2) is 36.5 Å². The van der Waals surface area contributed by atoms with Gasteiger partial charge >= 0.3 is 0 Å². The van der Waals surface area contributed by atoms with Gasteiger partial charge in [0.15, 0.2) is 17.5 Å². The van der Waals surface area contributed by atoms with Gasteiger partial charge in [-0.2, -0.15) is 0 Å². The zero-order valence-electron chi connectivity index (χ0n) is 15.9. The van der Waals surface area contributed by atoms with E-state index in [0.29, 0.717) is 17.5 Å². The van der Waals surface area contributed by atoms with Crippen LogP contribution in [0.25, 0.3) is 0 Å². The molecule has 0 radical (unpaired) electrons. The molecule has 5 nitrogen and oxygen atoms in total. The normalized spacial score (nSPS) is 12.0. The molecule has 0 heterocycles. The van der Waals surface area contributed by atoms with Gasteiger partial charge in [0.05, 0.1) is 13.7 Å². The fraction of sp³-hybridized carbons (Fsp3) is 0.350. The highest BCUT2D eigenvalue weighted by Gasteiger charge is 2.08. The van der Waals surface area contributed by atoms with Crippen LogP contribution in [0.5, 0.6) is 11.5 Å². The van der Waals surface area contributed by atoms with E-state index in [1.807, 2.05) is 36.9 Å². The number of ether oxygens (including phenoxy) is 1. The lowest BCUT2D eigenvalue weighted by molar-refractivity contribution is 0.370. The minimum Gasteiger partial charge on any atom is -0.504 e. The molecule has 0 aliphatic rings. The van der Waals surface area contributed by atoms with Crippen molar-refractivity contribution in [3.63, 3.8) is 0 Å². The number of aromatic hydroxyl groups is 1. The predicted molar refractivity (Wildman–Crippen MR) is 125 cm³/mol. The second-order valence-corrected chi connectivity index (χ2v) is 7.30. The zero-order valence-corrected chi connectivity index (χ0v) is 19.1. The Bertz CT molecular complexity index is 714. The second-order valence-electron chi connectivity index (χ2n) is 5.79. The van der Waals surface area contributed by atoms with Gasteiger partial charge in [0, 0.05) is 28.8 Å². The summed E-state index contributed by atoms with van der Waals surface area (Å²) in [5.74, 6) is 1.33. The molecule has 3 N–H and O–H groups in total. The SMILES string of the molecule is CCNC(=NCc1cccc(OC)c1O)NCC(C)Sc1ccccc1.I. The molecule has 148 valence electrons. The molecule has 0 saturated carbocycles. The molecule has 0 saturated heterocycles. The Balaban J connectivity index is 0.00000364. The summed E-state index contributed by atoms with van der Waals surface area (Å²) in [5, 5.41) is 17.2. The van der Waals surface area contributed by atoms with E-state index < -0.39 is 0 Å². The summed E-state index contributed by atoms with van der Waals surface area (Å²) in [5.41, 5.74) is 0.730. The number of hydrogen-bond acceptors (Lipinski definition) is 4. The van der Waals surface area contributed by atoms with E-state index in [1.54, 1.807) is 13.2 Å². The number of hydrogen-bond donors (Lipinski definition) is 3. The largest absolute Gasteiger partial charge is 0.504 e. The molecule has 1 atom stereocenters. The Labute approximate surface area is 183 Å². The summed E-state index contributed by atoms with van der Waals surface area (Å²) in [7, 11) is 1.54. The van der Waals surface area contributed by atoms with Crippen molar-refractivity contribution in [3.05, 3.63) is 54.1 Å². The molecule has 0 aliphatic heterocycles. The van der Waals surface area contributed by atoms with Gasteiger partial charge in [-0.15, -0.1) is 35.7 Å². The Morgan fingerprint density at radius 1 is 1.15 bits per heavy atom. The molecule has 0 spiro atoms. The summed E-state index contributed by atoms with van der Waals surface area (Å²) in [4.78, 5) is 5.82. The number of aliphatic imine (C=N–C) groups is 1. The van der Waals surface area contributed by atoms with E-state index in [4.69, 9.17) is 4.74 Å². The Morgan fingerprint density at radius 2 is 1.89 bits per heavy atom. The van der Waals surface area contributed by atoms with Gasteiger partial charge in [-0.3, -0.25) is 0 Å². The summed E-state index contributed by atoms with van der Waals surface area (Å²) in [6.45, 7) is 6.15. The third-order valence-electron chi connectivity index (χ3n) is 3.69. The number of nitrogens with zero attached hydrogens (tertiary/aromatic N) is 1.